The molecule has 0 saturated heterocycles. The number of nitrogen functional groups attached to an aromatic ring is 1. The summed E-state index contributed by atoms with van der Waals surface area (Å²) in [6, 6.07) is 1.71. The third-order valence-corrected chi connectivity index (χ3v) is 4.08. The number of thioether (sulfide) groups is 1. The van der Waals surface area contributed by atoms with E-state index in [0.29, 0.717) is 17.1 Å². The Morgan fingerprint density at radius 1 is 1.71 bits per heavy atom. The van der Waals surface area contributed by atoms with E-state index in [4.69, 9.17) is 10.3 Å². The van der Waals surface area contributed by atoms with Gasteiger partial charge in [0.1, 0.15) is 15.9 Å². The fourth-order valence-electron chi connectivity index (χ4n) is 1.33. The van der Waals surface area contributed by atoms with Gasteiger partial charge in [0.15, 0.2) is 0 Å². The van der Waals surface area contributed by atoms with Crippen molar-refractivity contribution in [2.75, 3.05) is 0 Å². The van der Waals surface area contributed by atoms with Crippen LogP contribution >= 0.6 is 23.1 Å². The van der Waals surface area contributed by atoms with Gasteiger partial charge in [0.25, 0.3) is 5.91 Å². The first-order valence-electron chi connectivity index (χ1n) is 4.83. The summed E-state index contributed by atoms with van der Waals surface area (Å²) in [7, 11) is 0. The number of nitrogens with two attached hydrogens (primary N) is 1. The smallest absolute Gasteiger partial charge is 0.268 e. The first kappa shape index (κ1) is 12.2. The van der Waals surface area contributed by atoms with Gasteiger partial charge in [0, 0.05) is 11.6 Å². The molecular formula is C10H11N3O2S2. The van der Waals surface area contributed by atoms with Crippen LogP contribution in [0.25, 0.3) is 0 Å². The maximum Gasteiger partial charge on any atom is 0.268 e. The molecule has 0 spiro atoms. The van der Waals surface area contributed by atoms with Crippen molar-refractivity contribution in [1.82, 2.24) is 10.4 Å². The molecule has 3 N–H and O–H groups in total. The quantitative estimate of drug-likeness (QED) is 0.384. The van der Waals surface area contributed by atoms with E-state index in [2.05, 4.69) is 10.4 Å². The van der Waals surface area contributed by atoms with Crippen LogP contribution in [0, 0.1) is 6.92 Å². The van der Waals surface area contributed by atoms with E-state index in [1.54, 1.807) is 42.3 Å². The number of nitrogens with one attached hydrogen (secondary N) is 1. The van der Waals surface area contributed by atoms with Gasteiger partial charge in [-0.1, -0.05) is 11.8 Å². The Kier molecular flexibility index (Phi) is 3.82. The molecule has 2 heterocycles. The van der Waals surface area contributed by atoms with E-state index in [1.165, 1.54) is 0 Å². The summed E-state index contributed by atoms with van der Waals surface area (Å²) in [5.74, 6) is 6.70. The predicted octanol–water partition coefficient (Wildman–Crippen LogP) is 1.94. The van der Waals surface area contributed by atoms with Crippen LogP contribution in [-0.4, -0.2) is 10.9 Å². The lowest BCUT2D eigenvalue weighted by Crippen LogP contribution is -2.30. The van der Waals surface area contributed by atoms with Gasteiger partial charge in [0.05, 0.1) is 11.3 Å². The van der Waals surface area contributed by atoms with Crippen LogP contribution in [0.4, 0.5) is 0 Å². The lowest BCUT2D eigenvalue weighted by molar-refractivity contribution is 0.0952. The molecular weight excluding hydrogens is 258 g/mol. The van der Waals surface area contributed by atoms with E-state index in [-0.39, 0.29) is 5.91 Å². The van der Waals surface area contributed by atoms with Crippen LogP contribution in [0.2, 0.25) is 0 Å². The van der Waals surface area contributed by atoms with E-state index in [0.717, 1.165) is 10.1 Å². The normalized spacial score (nSPS) is 10.5. The summed E-state index contributed by atoms with van der Waals surface area (Å²) in [4.78, 5) is 15.5. The summed E-state index contributed by atoms with van der Waals surface area (Å²) in [6.45, 7) is 1.74. The van der Waals surface area contributed by atoms with Gasteiger partial charge in [-0.05, 0) is 13.0 Å². The summed E-state index contributed by atoms with van der Waals surface area (Å²) < 4.78 is 6.45. The number of aryl methyl sites for hydroxylation is 1. The number of rotatable bonds is 4. The SMILES string of the molecule is Cc1oc(CSc2nccs2)cc1C(=O)NN. The third kappa shape index (κ3) is 2.87. The number of hydrogen-bond donors (Lipinski definition) is 2. The minimum atomic E-state index is -0.336. The molecule has 90 valence electrons. The molecule has 2 rings (SSSR count). The Labute approximate surface area is 106 Å². The van der Waals surface area contributed by atoms with E-state index in [1.807, 2.05) is 5.38 Å². The highest BCUT2D eigenvalue weighted by Gasteiger charge is 2.14. The number of carbonyl (C=O) groups is 1. The maximum atomic E-state index is 11.4. The van der Waals surface area contributed by atoms with Crippen LogP contribution < -0.4 is 11.3 Å². The molecule has 0 aliphatic carbocycles. The van der Waals surface area contributed by atoms with E-state index in [9.17, 15) is 4.79 Å². The largest absolute Gasteiger partial charge is 0.465 e. The average molecular weight is 269 g/mol. The molecule has 2 aromatic heterocycles. The lowest BCUT2D eigenvalue weighted by atomic mass is 10.2. The van der Waals surface area contributed by atoms with Crippen molar-refractivity contribution >= 4 is 29.0 Å². The number of hydrazine groups is 1. The highest BCUT2D eigenvalue weighted by Crippen LogP contribution is 2.26. The van der Waals surface area contributed by atoms with E-state index < -0.39 is 0 Å². The van der Waals surface area contributed by atoms with Crippen LogP contribution in [-0.2, 0) is 5.75 Å². The lowest BCUT2D eigenvalue weighted by Gasteiger charge is -1.93. The van der Waals surface area contributed by atoms with Gasteiger partial charge < -0.3 is 4.42 Å². The Morgan fingerprint density at radius 2 is 2.53 bits per heavy atom. The van der Waals surface area contributed by atoms with Crippen molar-refractivity contribution in [3.05, 3.63) is 34.7 Å². The summed E-state index contributed by atoms with van der Waals surface area (Å²) in [5, 5.41) is 1.92. The number of thiazole rings is 1. The monoisotopic (exact) mass is 269 g/mol. The molecule has 7 heteroatoms. The molecule has 1 amide bonds. The minimum Gasteiger partial charge on any atom is -0.465 e. The van der Waals surface area contributed by atoms with E-state index >= 15 is 0 Å². The second-order valence-corrected chi connectivity index (χ2v) is 5.36. The van der Waals surface area contributed by atoms with Gasteiger partial charge in [-0.15, -0.1) is 11.3 Å². The standard InChI is InChI=1S/C10H11N3O2S2/c1-6-8(9(14)13-11)4-7(15-6)5-17-10-12-2-3-16-10/h2-4H,5,11H2,1H3,(H,13,14). The summed E-state index contributed by atoms with van der Waals surface area (Å²) in [6.07, 6.45) is 1.76. The van der Waals surface area contributed by atoms with Crippen molar-refractivity contribution < 1.29 is 9.21 Å². The molecule has 0 unspecified atom stereocenters. The van der Waals surface area contributed by atoms with Crippen molar-refractivity contribution in [2.24, 2.45) is 5.84 Å². The fraction of sp³-hybridized carbons (Fsp3) is 0.200. The van der Waals surface area contributed by atoms with Crippen LogP contribution in [0.15, 0.2) is 26.4 Å². The van der Waals surface area contributed by atoms with Crippen LogP contribution in [0.1, 0.15) is 21.9 Å². The summed E-state index contributed by atoms with van der Waals surface area (Å²) >= 11 is 3.15. The molecule has 17 heavy (non-hydrogen) atoms. The minimum absolute atomic E-state index is 0.336. The molecule has 0 fully saturated rings. The Balaban J connectivity index is 2.05. The van der Waals surface area contributed by atoms with Gasteiger partial charge in [-0.2, -0.15) is 0 Å². The second-order valence-electron chi connectivity index (χ2n) is 3.24. The molecule has 0 radical (unpaired) electrons. The number of nitrogens with zero attached hydrogens (tertiary/aromatic N) is 1. The second kappa shape index (κ2) is 5.35. The van der Waals surface area contributed by atoms with Crippen molar-refractivity contribution in [1.29, 1.82) is 0 Å². The molecule has 0 atom stereocenters. The molecule has 0 bridgehead atoms. The molecule has 0 aliphatic rings. The Hall–Kier alpha value is -1.31. The first-order valence-corrected chi connectivity index (χ1v) is 6.69. The number of furan rings is 1. The van der Waals surface area contributed by atoms with Gasteiger partial charge in [0.2, 0.25) is 0 Å². The first-order chi connectivity index (χ1) is 8.20. The topological polar surface area (TPSA) is 81.2 Å². The molecule has 2 aromatic rings. The number of carbonyl (C=O) groups excluding carboxylic acids is 1. The highest BCUT2D eigenvalue weighted by atomic mass is 32.2. The number of amides is 1. The zero-order chi connectivity index (χ0) is 12.3. The van der Waals surface area contributed by atoms with Crippen LogP contribution in [0.5, 0.6) is 0 Å². The third-order valence-electron chi connectivity index (χ3n) is 2.09. The van der Waals surface area contributed by atoms with Gasteiger partial charge in [-0.25, -0.2) is 10.8 Å². The fourth-order valence-corrected chi connectivity index (χ4v) is 2.85. The number of aromatic nitrogens is 1. The maximum absolute atomic E-state index is 11.4. The molecule has 5 nitrogen and oxygen atoms in total. The van der Waals surface area contributed by atoms with Crippen molar-refractivity contribution in [3.63, 3.8) is 0 Å². The molecule has 0 aromatic carbocycles. The Bertz CT molecular complexity index is 508. The highest BCUT2D eigenvalue weighted by molar-refractivity contribution is 8.00. The van der Waals surface area contributed by atoms with Gasteiger partial charge in [-0.3, -0.25) is 10.2 Å². The molecule has 0 saturated carbocycles. The van der Waals surface area contributed by atoms with Crippen molar-refractivity contribution in [2.45, 2.75) is 17.0 Å². The number of hydrogen-bond acceptors (Lipinski definition) is 6. The summed E-state index contributed by atoms with van der Waals surface area (Å²) in [5.41, 5.74) is 2.56. The zero-order valence-electron chi connectivity index (χ0n) is 9.10. The van der Waals surface area contributed by atoms with Gasteiger partial charge >= 0.3 is 0 Å². The average Bonchev–Trinajstić information content (AvgIpc) is 2.94. The predicted molar refractivity (Wildman–Crippen MR) is 66.8 cm³/mol. The zero-order valence-corrected chi connectivity index (χ0v) is 10.7. The molecule has 0 aliphatic heterocycles. The van der Waals surface area contributed by atoms with Crippen LogP contribution in [0.3, 0.4) is 0 Å². The van der Waals surface area contributed by atoms with Crippen molar-refractivity contribution in [3.8, 4) is 0 Å². The Morgan fingerprint density at radius 3 is 3.18 bits per heavy atom.